The summed E-state index contributed by atoms with van der Waals surface area (Å²) in [5.41, 5.74) is 2.44. The lowest BCUT2D eigenvalue weighted by Gasteiger charge is -2.06. The predicted molar refractivity (Wildman–Crippen MR) is 87.4 cm³/mol. The van der Waals surface area contributed by atoms with Crippen molar-refractivity contribution in [3.05, 3.63) is 68.7 Å². The maximum atomic E-state index is 12.2. The zero-order chi connectivity index (χ0) is 15.6. The second-order valence-electron chi connectivity index (χ2n) is 4.81. The third-order valence-corrected chi connectivity index (χ3v) is 3.77. The van der Waals surface area contributed by atoms with Gasteiger partial charge in [-0.1, -0.05) is 35.3 Å². The van der Waals surface area contributed by atoms with Gasteiger partial charge in [0, 0.05) is 15.6 Å². The van der Waals surface area contributed by atoms with E-state index in [1.165, 1.54) is 6.08 Å². The summed E-state index contributed by atoms with van der Waals surface area (Å²) >= 11 is 12.1. The van der Waals surface area contributed by atoms with Crippen LogP contribution in [0.4, 0.5) is 0 Å². The quantitative estimate of drug-likeness (QED) is 0.622. The van der Waals surface area contributed by atoms with Crippen molar-refractivity contribution in [1.29, 1.82) is 0 Å². The molecule has 2 aromatic carbocycles. The lowest BCUT2D eigenvalue weighted by Crippen LogP contribution is -1.97. The average Bonchev–Trinajstić information content (AvgIpc) is 2.42. The normalized spacial score (nSPS) is 11.0. The maximum absolute atomic E-state index is 12.2. The monoisotopic (exact) mass is 320 g/mol. The Balaban J connectivity index is 2.37. The van der Waals surface area contributed by atoms with Crippen LogP contribution < -0.4 is 0 Å². The van der Waals surface area contributed by atoms with Gasteiger partial charge >= 0.3 is 0 Å². The third kappa shape index (κ3) is 3.46. The van der Waals surface area contributed by atoms with Crippen molar-refractivity contribution in [1.82, 2.24) is 0 Å². The van der Waals surface area contributed by atoms with Crippen LogP contribution in [0.3, 0.4) is 0 Å². The largest absolute Gasteiger partial charge is 0.507 e. The number of phenolic OH excluding ortho intramolecular Hbond substituents is 1. The molecule has 0 amide bonds. The molecule has 0 aromatic heterocycles. The molecule has 0 unspecified atom stereocenters. The van der Waals surface area contributed by atoms with E-state index in [0.717, 1.165) is 5.56 Å². The Morgan fingerprint density at radius 1 is 1.14 bits per heavy atom. The van der Waals surface area contributed by atoms with Crippen LogP contribution in [0.2, 0.25) is 10.0 Å². The number of allylic oxidation sites excluding steroid dienone is 1. The van der Waals surface area contributed by atoms with Crippen LogP contribution in [-0.2, 0) is 0 Å². The van der Waals surface area contributed by atoms with Crippen molar-refractivity contribution in [3.8, 4) is 5.75 Å². The summed E-state index contributed by atoms with van der Waals surface area (Å²) in [7, 11) is 0. The van der Waals surface area contributed by atoms with Crippen LogP contribution in [0, 0.1) is 13.8 Å². The van der Waals surface area contributed by atoms with Gasteiger partial charge in [0.2, 0.25) is 0 Å². The molecular weight excluding hydrogens is 307 g/mol. The second kappa shape index (κ2) is 6.33. The number of rotatable bonds is 3. The SMILES string of the molecule is Cc1cc(C)c(O)c(C(=O)/C=C/c2c(Cl)cccc2Cl)c1. The summed E-state index contributed by atoms with van der Waals surface area (Å²) in [6.45, 7) is 3.63. The highest BCUT2D eigenvalue weighted by Crippen LogP contribution is 2.27. The first-order chi connectivity index (χ1) is 9.90. The number of carbonyl (C=O) groups excluding carboxylic acids is 1. The Bertz CT molecular complexity index is 714. The van der Waals surface area contributed by atoms with Gasteiger partial charge in [-0.2, -0.15) is 0 Å². The highest BCUT2D eigenvalue weighted by Gasteiger charge is 2.12. The zero-order valence-corrected chi connectivity index (χ0v) is 13.2. The van der Waals surface area contributed by atoms with E-state index in [1.54, 1.807) is 37.3 Å². The Morgan fingerprint density at radius 3 is 2.38 bits per heavy atom. The molecule has 0 fully saturated rings. The smallest absolute Gasteiger partial charge is 0.189 e. The van der Waals surface area contributed by atoms with Gasteiger partial charge < -0.3 is 5.11 Å². The number of hydrogen-bond acceptors (Lipinski definition) is 2. The highest BCUT2D eigenvalue weighted by atomic mass is 35.5. The van der Waals surface area contributed by atoms with Crippen molar-refractivity contribution >= 4 is 35.1 Å². The van der Waals surface area contributed by atoms with Crippen LogP contribution in [0.1, 0.15) is 27.0 Å². The number of hydrogen-bond donors (Lipinski definition) is 1. The average molecular weight is 321 g/mol. The summed E-state index contributed by atoms with van der Waals surface area (Å²) < 4.78 is 0. The van der Waals surface area contributed by atoms with Gasteiger partial charge in [0.25, 0.3) is 0 Å². The minimum Gasteiger partial charge on any atom is -0.507 e. The number of aryl methyl sites for hydroxylation is 2. The summed E-state index contributed by atoms with van der Waals surface area (Å²) in [4.78, 5) is 12.2. The molecule has 0 radical (unpaired) electrons. The molecule has 0 saturated heterocycles. The van der Waals surface area contributed by atoms with E-state index >= 15 is 0 Å². The number of halogens is 2. The number of ketones is 1. The topological polar surface area (TPSA) is 37.3 Å². The molecule has 0 saturated carbocycles. The first kappa shape index (κ1) is 15.6. The fourth-order valence-electron chi connectivity index (χ4n) is 2.07. The van der Waals surface area contributed by atoms with Gasteiger partial charge in [-0.25, -0.2) is 0 Å². The van der Waals surface area contributed by atoms with Gasteiger partial charge in [0.1, 0.15) is 5.75 Å². The van der Waals surface area contributed by atoms with Crippen molar-refractivity contribution in [2.24, 2.45) is 0 Å². The summed E-state index contributed by atoms with van der Waals surface area (Å²) in [5, 5.41) is 10.9. The fraction of sp³-hybridized carbons (Fsp3) is 0.118. The second-order valence-corrected chi connectivity index (χ2v) is 5.63. The molecule has 2 aromatic rings. The summed E-state index contributed by atoms with van der Waals surface area (Å²) in [6.07, 6.45) is 2.92. The number of phenols is 1. The maximum Gasteiger partial charge on any atom is 0.189 e. The molecule has 4 heteroatoms. The first-order valence-electron chi connectivity index (χ1n) is 6.37. The van der Waals surface area contributed by atoms with Crippen LogP contribution in [0.15, 0.2) is 36.4 Å². The number of benzene rings is 2. The van der Waals surface area contributed by atoms with Gasteiger partial charge in [0.15, 0.2) is 5.78 Å². The molecule has 0 heterocycles. The Labute approximate surface area is 133 Å². The predicted octanol–water partition coefficient (Wildman–Crippen LogP) is 5.21. The van der Waals surface area contributed by atoms with E-state index in [-0.39, 0.29) is 17.1 Å². The van der Waals surface area contributed by atoms with E-state index in [0.29, 0.717) is 21.2 Å². The molecule has 0 aliphatic heterocycles. The molecule has 0 aliphatic carbocycles. The summed E-state index contributed by atoms with van der Waals surface area (Å²) in [5.74, 6) is -0.296. The van der Waals surface area contributed by atoms with Crippen LogP contribution >= 0.6 is 23.2 Å². The first-order valence-corrected chi connectivity index (χ1v) is 7.12. The number of aromatic hydroxyl groups is 1. The molecule has 0 spiro atoms. The van der Waals surface area contributed by atoms with E-state index < -0.39 is 0 Å². The molecule has 2 nitrogen and oxygen atoms in total. The Hall–Kier alpha value is -1.77. The molecule has 1 N–H and O–H groups in total. The summed E-state index contributed by atoms with van der Waals surface area (Å²) in [6, 6.07) is 8.61. The minimum atomic E-state index is -0.296. The van der Waals surface area contributed by atoms with E-state index in [2.05, 4.69) is 0 Å². The fourth-order valence-corrected chi connectivity index (χ4v) is 2.59. The van der Waals surface area contributed by atoms with E-state index in [4.69, 9.17) is 23.2 Å². The standard InChI is InChI=1S/C17H14Cl2O2/c1-10-8-11(2)17(21)13(9-10)16(20)7-6-12-14(18)4-3-5-15(12)19/h3-9,21H,1-2H3/b7-6+. The highest BCUT2D eigenvalue weighted by molar-refractivity contribution is 6.37. The van der Waals surface area contributed by atoms with E-state index in [1.807, 2.05) is 13.0 Å². The molecular formula is C17H14Cl2O2. The third-order valence-electron chi connectivity index (χ3n) is 3.11. The van der Waals surface area contributed by atoms with Gasteiger partial charge in [-0.05, 0) is 55.3 Å². The van der Waals surface area contributed by atoms with Gasteiger partial charge in [-0.3, -0.25) is 4.79 Å². The number of carbonyl (C=O) groups is 1. The van der Waals surface area contributed by atoms with Crippen LogP contribution in [-0.4, -0.2) is 10.9 Å². The molecule has 2 rings (SSSR count). The van der Waals surface area contributed by atoms with Crippen molar-refractivity contribution in [3.63, 3.8) is 0 Å². The Kier molecular flexibility index (Phi) is 4.71. The van der Waals surface area contributed by atoms with E-state index in [9.17, 15) is 9.90 Å². The molecule has 0 aliphatic rings. The van der Waals surface area contributed by atoms with Gasteiger partial charge in [-0.15, -0.1) is 0 Å². The van der Waals surface area contributed by atoms with Crippen LogP contribution in [0.25, 0.3) is 6.08 Å². The zero-order valence-electron chi connectivity index (χ0n) is 11.7. The lowest BCUT2D eigenvalue weighted by atomic mass is 10.0. The van der Waals surface area contributed by atoms with Crippen LogP contribution in [0.5, 0.6) is 5.75 Å². The van der Waals surface area contributed by atoms with Crippen molar-refractivity contribution in [2.45, 2.75) is 13.8 Å². The van der Waals surface area contributed by atoms with Gasteiger partial charge in [0.05, 0.1) is 5.56 Å². The Morgan fingerprint density at radius 2 is 1.76 bits per heavy atom. The molecule has 108 valence electrons. The molecule has 21 heavy (non-hydrogen) atoms. The lowest BCUT2D eigenvalue weighted by molar-refractivity contribution is 0.104. The van der Waals surface area contributed by atoms with Crippen molar-refractivity contribution in [2.75, 3.05) is 0 Å². The van der Waals surface area contributed by atoms with Crippen molar-refractivity contribution < 1.29 is 9.90 Å². The minimum absolute atomic E-state index is 0.000468. The molecule has 0 atom stereocenters. The molecule has 0 bridgehead atoms.